The van der Waals surface area contributed by atoms with Gasteiger partial charge in [-0.3, -0.25) is 4.90 Å². The number of amides is 1. The van der Waals surface area contributed by atoms with Crippen LogP contribution in [0.15, 0.2) is 12.5 Å². The third kappa shape index (κ3) is 3.90. The molecule has 146 valence electrons. The number of rotatable bonds is 1. The van der Waals surface area contributed by atoms with E-state index in [0.29, 0.717) is 24.3 Å². The van der Waals surface area contributed by atoms with Crippen LogP contribution < -0.4 is 4.90 Å². The highest BCUT2D eigenvalue weighted by atomic mass is 35.5. The maximum atomic E-state index is 14.3. The van der Waals surface area contributed by atoms with Gasteiger partial charge in [0.1, 0.15) is 23.3 Å². The molecule has 0 saturated carbocycles. The van der Waals surface area contributed by atoms with Gasteiger partial charge in [0.05, 0.1) is 17.5 Å². The Kier molecular flexibility index (Phi) is 5.12. The minimum atomic E-state index is -0.661. The van der Waals surface area contributed by atoms with Crippen LogP contribution in [0.2, 0.25) is 5.15 Å². The summed E-state index contributed by atoms with van der Waals surface area (Å²) in [7, 11) is 0. The van der Waals surface area contributed by atoms with E-state index in [-0.39, 0.29) is 28.8 Å². The number of pyridine rings is 1. The first-order chi connectivity index (χ1) is 12.6. The van der Waals surface area contributed by atoms with Gasteiger partial charge in [0, 0.05) is 19.3 Å². The molecule has 2 atom stereocenters. The zero-order valence-corrected chi connectivity index (χ0v) is 16.8. The summed E-state index contributed by atoms with van der Waals surface area (Å²) in [5.41, 5.74) is -0.422. The maximum absolute atomic E-state index is 14.3. The fourth-order valence-corrected chi connectivity index (χ4v) is 3.52. The van der Waals surface area contributed by atoms with Gasteiger partial charge in [-0.15, -0.1) is 0 Å². The molecule has 1 aliphatic heterocycles. The summed E-state index contributed by atoms with van der Waals surface area (Å²) in [4.78, 5) is 28.5. The van der Waals surface area contributed by atoms with Crippen LogP contribution in [0.25, 0.3) is 10.9 Å². The van der Waals surface area contributed by atoms with Gasteiger partial charge in [0.15, 0.2) is 11.0 Å². The number of carbonyl (C=O) groups is 1. The number of piperazine rings is 1. The minimum absolute atomic E-state index is 0.112. The summed E-state index contributed by atoms with van der Waals surface area (Å²) in [6.45, 7) is 10.5. The van der Waals surface area contributed by atoms with Crippen molar-refractivity contribution in [3.05, 3.63) is 23.5 Å². The van der Waals surface area contributed by atoms with Gasteiger partial charge < -0.3 is 9.64 Å². The number of nitrogens with zero attached hydrogens (tertiary/aromatic N) is 5. The van der Waals surface area contributed by atoms with Crippen LogP contribution in [0.1, 0.15) is 34.6 Å². The predicted molar refractivity (Wildman–Crippen MR) is 102 cm³/mol. The quantitative estimate of drug-likeness (QED) is 0.686. The molecule has 0 N–H and O–H groups in total. The van der Waals surface area contributed by atoms with E-state index in [1.165, 1.54) is 12.5 Å². The molecule has 0 radical (unpaired) electrons. The topological polar surface area (TPSA) is 71.5 Å². The zero-order valence-electron chi connectivity index (χ0n) is 16.0. The number of carbonyl (C=O) groups excluding carboxylic acids is 1. The fraction of sp³-hybridized carbons (Fsp3) is 0.556. The van der Waals surface area contributed by atoms with Gasteiger partial charge in [0.2, 0.25) is 0 Å². The highest BCUT2D eigenvalue weighted by Gasteiger charge is 2.36. The lowest BCUT2D eigenvalue weighted by Gasteiger charge is -2.45. The summed E-state index contributed by atoms with van der Waals surface area (Å²) in [5.74, 6) is -0.0862. The molecule has 1 fully saturated rings. The SMILES string of the molecule is C[C@H]1CN(c2ncnc3c(F)c(Cl)ncc23)C[C@H](C)N1C(=O)OC(C)(C)C. The number of hydrogen-bond acceptors (Lipinski definition) is 6. The Hall–Kier alpha value is -2.22. The zero-order chi connectivity index (χ0) is 19.9. The second kappa shape index (κ2) is 7.07. The molecular weight excluding hydrogens is 373 g/mol. The van der Waals surface area contributed by atoms with Gasteiger partial charge in [0.25, 0.3) is 0 Å². The summed E-state index contributed by atoms with van der Waals surface area (Å²) in [6.07, 6.45) is 2.45. The average molecular weight is 396 g/mol. The molecule has 1 aliphatic rings. The lowest BCUT2D eigenvalue weighted by Crippen LogP contribution is -2.59. The number of halogens is 2. The molecule has 1 saturated heterocycles. The van der Waals surface area contributed by atoms with Gasteiger partial charge in [-0.05, 0) is 34.6 Å². The normalized spacial score (nSPS) is 20.9. The van der Waals surface area contributed by atoms with Gasteiger partial charge in [-0.2, -0.15) is 0 Å². The number of hydrogen-bond donors (Lipinski definition) is 0. The number of aromatic nitrogens is 3. The third-order valence-electron chi connectivity index (χ3n) is 4.38. The Bertz CT molecular complexity index is 861. The number of fused-ring (bicyclic) bond motifs is 1. The van der Waals surface area contributed by atoms with E-state index >= 15 is 0 Å². The second-order valence-corrected chi connectivity index (χ2v) is 8.17. The van der Waals surface area contributed by atoms with E-state index in [9.17, 15) is 9.18 Å². The van der Waals surface area contributed by atoms with Crippen molar-refractivity contribution in [3.63, 3.8) is 0 Å². The maximum Gasteiger partial charge on any atom is 0.410 e. The predicted octanol–water partition coefficient (Wildman–Crippen LogP) is 3.65. The highest BCUT2D eigenvalue weighted by Crippen LogP contribution is 2.30. The molecule has 0 spiro atoms. The molecule has 2 aromatic heterocycles. The van der Waals surface area contributed by atoms with Crippen LogP contribution in [0.4, 0.5) is 15.0 Å². The van der Waals surface area contributed by atoms with E-state index in [2.05, 4.69) is 15.0 Å². The first-order valence-corrected chi connectivity index (χ1v) is 9.17. The first-order valence-electron chi connectivity index (χ1n) is 8.79. The molecule has 0 bridgehead atoms. The number of anilines is 1. The van der Waals surface area contributed by atoms with Crippen LogP contribution in [-0.2, 0) is 4.74 Å². The van der Waals surface area contributed by atoms with Crippen molar-refractivity contribution in [2.45, 2.75) is 52.3 Å². The molecule has 0 unspecified atom stereocenters. The van der Waals surface area contributed by atoms with Crippen LogP contribution in [0, 0.1) is 5.82 Å². The van der Waals surface area contributed by atoms with Crippen molar-refractivity contribution in [3.8, 4) is 0 Å². The second-order valence-electron chi connectivity index (χ2n) is 7.81. The largest absolute Gasteiger partial charge is 0.444 e. The van der Waals surface area contributed by atoms with Crippen molar-refractivity contribution >= 4 is 34.4 Å². The van der Waals surface area contributed by atoms with Gasteiger partial charge >= 0.3 is 6.09 Å². The minimum Gasteiger partial charge on any atom is -0.444 e. The van der Waals surface area contributed by atoms with Crippen LogP contribution in [-0.4, -0.2) is 56.7 Å². The molecule has 3 heterocycles. The highest BCUT2D eigenvalue weighted by molar-refractivity contribution is 6.30. The molecule has 1 amide bonds. The summed E-state index contributed by atoms with van der Waals surface area (Å²) < 4.78 is 19.8. The summed E-state index contributed by atoms with van der Waals surface area (Å²) in [6, 6.07) is -0.225. The Labute approximate surface area is 162 Å². The fourth-order valence-electron chi connectivity index (χ4n) is 3.38. The lowest BCUT2D eigenvalue weighted by molar-refractivity contribution is 0.00562. The Morgan fingerprint density at radius 2 is 1.85 bits per heavy atom. The third-order valence-corrected chi connectivity index (χ3v) is 4.65. The number of ether oxygens (including phenoxy) is 1. The monoisotopic (exact) mass is 395 g/mol. The van der Waals surface area contributed by atoms with Crippen LogP contribution in [0.3, 0.4) is 0 Å². The standard InChI is InChI=1S/C18H23ClFN5O2/c1-10-7-24(8-11(2)25(10)17(26)27-18(3,4)5)16-12-6-21-15(19)13(20)14(12)22-9-23-16/h6,9-11H,7-8H2,1-5H3/t10-,11-/m0/s1. The van der Waals surface area contributed by atoms with Crippen molar-refractivity contribution in [2.75, 3.05) is 18.0 Å². The Balaban J connectivity index is 1.89. The molecule has 7 nitrogen and oxygen atoms in total. The van der Waals surface area contributed by atoms with Crippen LogP contribution in [0.5, 0.6) is 0 Å². The molecule has 27 heavy (non-hydrogen) atoms. The Morgan fingerprint density at radius 3 is 2.44 bits per heavy atom. The first kappa shape index (κ1) is 19.5. The average Bonchev–Trinajstić information content (AvgIpc) is 2.55. The van der Waals surface area contributed by atoms with Gasteiger partial charge in [-0.1, -0.05) is 11.6 Å². The van der Waals surface area contributed by atoms with Crippen molar-refractivity contribution in [2.24, 2.45) is 0 Å². The van der Waals surface area contributed by atoms with E-state index in [0.717, 1.165) is 0 Å². The summed E-state index contributed by atoms with van der Waals surface area (Å²) >= 11 is 5.76. The summed E-state index contributed by atoms with van der Waals surface area (Å²) in [5, 5.41) is 0.271. The van der Waals surface area contributed by atoms with Crippen molar-refractivity contribution < 1.29 is 13.9 Å². The van der Waals surface area contributed by atoms with Crippen molar-refractivity contribution in [1.82, 2.24) is 19.9 Å². The van der Waals surface area contributed by atoms with Crippen molar-refractivity contribution in [1.29, 1.82) is 0 Å². The Morgan fingerprint density at radius 1 is 1.22 bits per heavy atom. The molecule has 9 heteroatoms. The lowest BCUT2D eigenvalue weighted by atomic mass is 10.1. The van der Waals surface area contributed by atoms with E-state index in [1.807, 2.05) is 39.5 Å². The van der Waals surface area contributed by atoms with E-state index in [4.69, 9.17) is 16.3 Å². The molecular formula is C18H23ClFN5O2. The van der Waals surface area contributed by atoms with E-state index < -0.39 is 11.4 Å². The molecule has 0 aliphatic carbocycles. The molecule has 0 aromatic carbocycles. The molecule has 2 aromatic rings. The van der Waals surface area contributed by atoms with Gasteiger partial charge in [-0.25, -0.2) is 24.1 Å². The van der Waals surface area contributed by atoms with E-state index in [1.54, 1.807) is 4.90 Å². The smallest absolute Gasteiger partial charge is 0.410 e. The molecule has 3 rings (SSSR count). The van der Waals surface area contributed by atoms with Crippen LogP contribution >= 0.6 is 11.6 Å².